The van der Waals surface area contributed by atoms with Crippen LogP contribution in [0.1, 0.15) is 43.2 Å². The number of nitrogens with one attached hydrogen (secondary N) is 2. The number of esters is 1. The molecule has 1 saturated carbocycles. The third kappa shape index (κ3) is 7.05. The summed E-state index contributed by atoms with van der Waals surface area (Å²) in [7, 11) is 1.22. The van der Waals surface area contributed by atoms with Crippen LogP contribution in [0.3, 0.4) is 0 Å². The number of amides is 2. The van der Waals surface area contributed by atoms with Crippen LogP contribution in [-0.4, -0.2) is 47.9 Å². The topological polar surface area (TPSA) is 114 Å². The largest absolute Gasteiger partial charge is 0.467 e. The van der Waals surface area contributed by atoms with Crippen molar-refractivity contribution in [3.05, 3.63) is 71.8 Å². The van der Waals surface area contributed by atoms with E-state index in [0.29, 0.717) is 12.8 Å². The number of carbonyl (C=O) groups is 3. The first kappa shape index (κ1) is 25.2. The lowest BCUT2D eigenvalue weighted by atomic mass is 9.79. The quantitative estimate of drug-likeness (QED) is 0.488. The van der Waals surface area contributed by atoms with Crippen LogP contribution in [0.5, 0.6) is 0 Å². The number of alkyl carbamates (subject to hydrolysis) is 1. The summed E-state index contributed by atoms with van der Waals surface area (Å²) in [5.41, 5.74) is 0.232. The van der Waals surface area contributed by atoms with E-state index in [1.54, 1.807) is 0 Å². The minimum absolute atomic E-state index is 0.0525. The van der Waals surface area contributed by atoms with Gasteiger partial charge in [0.05, 0.1) is 12.7 Å². The fourth-order valence-electron chi connectivity index (χ4n) is 4.19. The highest BCUT2D eigenvalue weighted by Crippen LogP contribution is 2.31. The Balaban J connectivity index is 1.73. The third-order valence-electron chi connectivity index (χ3n) is 6.08. The summed E-state index contributed by atoms with van der Waals surface area (Å²) >= 11 is 0. The molecule has 0 heterocycles. The highest BCUT2D eigenvalue weighted by Gasteiger charge is 2.44. The van der Waals surface area contributed by atoms with Crippen molar-refractivity contribution in [2.24, 2.45) is 0 Å². The molecule has 0 saturated heterocycles. The molecule has 1 aliphatic carbocycles. The van der Waals surface area contributed by atoms with E-state index in [4.69, 9.17) is 9.47 Å². The van der Waals surface area contributed by atoms with Gasteiger partial charge < -0.3 is 25.2 Å². The van der Waals surface area contributed by atoms with Gasteiger partial charge in [-0.05, 0) is 24.0 Å². The molecule has 0 aliphatic heterocycles. The molecule has 0 aromatic heterocycles. The van der Waals surface area contributed by atoms with Crippen LogP contribution in [0, 0.1) is 0 Å². The highest BCUT2D eigenvalue weighted by atomic mass is 16.5. The fourth-order valence-corrected chi connectivity index (χ4v) is 4.19. The standard InChI is InChI=1S/C26H32N2O6/c1-33-24(30)22(26(32)15-9-4-10-16-26)28-23(29)21(17-19-11-5-2-6-12-19)27-25(31)34-18-20-13-7-3-8-14-20/h2-3,5-8,11-14,21-22,32H,4,9-10,15-18H2,1H3,(H,27,31)(H,28,29)/t21-,22+/m0/s1. The Labute approximate surface area is 199 Å². The van der Waals surface area contributed by atoms with Crippen molar-refractivity contribution < 1.29 is 29.0 Å². The van der Waals surface area contributed by atoms with E-state index in [-0.39, 0.29) is 13.0 Å². The maximum Gasteiger partial charge on any atom is 0.408 e. The lowest BCUT2D eigenvalue weighted by Gasteiger charge is -2.38. The molecule has 3 rings (SSSR count). The third-order valence-corrected chi connectivity index (χ3v) is 6.08. The van der Waals surface area contributed by atoms with Gasteiger partial charge in [0.2, 0.25) is 5.91 Å². The molecule has 1 aliphatic rings. The molecule has 0 spiro atoms. The zero-order chi connectivity index (χ0) is 24.4. The van der Waals surface area contributed by atoms with Gasteiger partial charge in [0.1, 0.15) is 12.6 Å². The monoisotopic (exact) mass is 468 g/mol. The fraction of sp³-hybridized carbons (Fsp3) is 0.423. The molecular formula is C26H32N2O6. The Hall–Kier alpha value is -3.39. The number of rotatable bonds is 9. The van der Waals surface area contributed by atoms with Gasteiger partial charge in [0, 0.05) is 6.42 Å². The Bertz CT molecular complexity index is 944. The van der Waals surface area contributed by atoms with Crippen LogP contribution in [0.25, 0.3) is 0 Å². The summed E-state index contributed by atoms with van der Waals surface area (Å²) in [6.07, 6.45) is 2.63. The Morgan fingerprint density at radius 2 is 1.50 bits per heavy atom. The molecule has 0 radical (unpaired) electrons. The first-order chi connectivity index (χ1) is 16.4. The summed E-state index contributed by atoms with van der Waals surface area (Å²) in [4.78, 5) is 38.3. The van der Waals surface area contributed by atoms with Gasteiger partial charge in [-0.25, -0.2) is 9.59 Å². The number of aliphatic hydroxyl groups is 1. The molecule has 2 atom stereocenters. The Morgan fingerprint density at radius 1 is 0.912 bits per heavy atom. The summed E-state index contributed by atoms with van der Waals surface area (Å²) < 4.78 is 10.2. The van der Waals surface area contributed by atoms with Gasteiger partial charge in [-0.15, -0.1) is 0 Å². The van der Waals surface area contributed by atoms with E-state index in [1.165, 1.54) is 7.11 Å². The second-order valence-electron chi connectivity index (χ2n) is 8.58. The average Bonchev–Trinajstić information content (AvgIpc) is 2.86. The average molecular weight is 469 g/mol. The predicted molar refractivity (Wildman–Crippen MR) is 126 cm³/mol. The molecule has 2 aromatic rings. The molecule has 8 heteroatoms. The van der Waals surface area contributed by atoms with E-state index >= 15 is 0 Å². The maximum atomic E-state index is 13.3. The van der Waals surface area contributed by atoms with Gasteiger partial charge in [-0.3, -0.25) is 4.79 Å². The maximum absolute atomic E-state index is 13.3. The van der Waals surface area contributed by atoms with E-state index < -0.39 is 35.7 Å². The molecule has 1 fully saturated rings. The molecule has 0 unspecified atom stereocenters. The minimum Gasteiger partial charge on any atom is -0.467 e. The predicted octanol–water partition coefficient (Wildman–Crippen LogP) is 2.88. The minimum atomic E-state index is -1.40. The number of carbonyl (C=O) groups excluding carboxylic acids is 3. The van der Waals surface area contributed by atoms with Gasteiger partial charge in [-0.2, -0.15) is 0 Å². The summed E-state index contributed by atoms with van der Waals surface area (Å²) in [6.45, 7) is 0.0525. The summed E-state index contributed by atoms with van der Waals surface area (Å²) in [6, 6.07) is 16.1. The first-order valence-electron chi connectivity index (χ1n) is 11.5. The van der Waals surface area contributed by atoms with Gasteiger partial charge in [0.15, 0.2) is 6.04 Å². The SMILES string of the molecule is COC(=O)[C@@H](NC(=O)[C@H](Cc1ccccc1)NC(=O)OCc1ccccc1)C1(O)CCCCC1. The van der Waals surface area contributed by atoms with Crippen molar-refractivity contribution in [2.75, 3.05) is 7.11 Å². The molecule has 3 N–H and O–H groups in total. The van der Waals surface area contributed by atoms with Crippen molar-refractivity contribution in [3.63, 3.8) is 0 Å². The highest BCUT2D eigenvalue weighted by molar-refractivity contribution is 5.90. The van der Waals surface area contributed by atoms with E-state index in [2.05, 4.69) is 10.6 Å². The molecule has 2 aromatic carbocycles. The van der Waals surface area contributed by atoms with Crippen molar-refractivity contribution in [3.8, 4) is 0 Å². The van der Waals surface area contributed by atoms with Crippen LogP contribution in [0.15, 0.2) is 60.7 Å². The number of benzene rings is 2. The second-order valence-corrected chi connectivity index (χ2v) is 8.58. The van der Waals surface area contributed by atoms with E-state index in [0.717, 1.165) is 30.4 Å². The zero-order valence-electron chi connectivity index (χ0n) is 19.4. The van der Waals surface area contributed by atoms with E-state index in [1.807, 2.05) is 60.7 Å². The lowest BCUT2D eigenvalue weighted by molar-refractivity contribution is -0.155. The van der Waals surface area contributed by atoms with Crippen LogP contribution in [0.2, 0.25) is 0 Å². The van der Waals surface area contributed by atoms with Crippen molar-refractivity contribution in [1.82, 2.24) is 10.6 Å². The zero-order valence-corrected chi connectivity index (χ0v) is 19.4. The van der Waals surface area contributed by atoms with Crippen molar-refractivity contribution in [1.29, 1.82) is 0 Å². The molecule has 182 valence electrons. The molecule has 2 amide bonds. The second kappa shape index (κ2) is 12.2. The van der Waals surface area contributed by atoms with Gasteiger partial charge in [0.25, 0.3) is 0 Å². The number of methoxy groups -OCH3 is 1. The van der Waals surface area contributed by atoms with Crippen molar-refractivity contribution in [2.45, 2.75) is 62.8 Å². The summed E-state index contributed by atoms with van der Waals surface area (Å²) in [5, 5.41) is 16.4. The van der Waals surface area contributed by atoms with Crippen LogP contribution in [-0.2, 0) is 32.1 Å². The normalized spacial score (nSPS) is 16.5. The van der Waals surface area contributed by atoms with Crippen LogP contribution >= 0.6 is 0 Å². The Kier molecular flexibility index (Phi) is 9.04. The van der Waals surface area contributed by atoms with Crippen LogP contribution < -0.4 is 10.6 Å². The lowest BCUT2D eigenvalue weighted by Crippen LogP contribution is -2.61. The molecule has 0 bridgehead atoms. The number of ether oxygens (including phenoxy) is 2. The molecule has 8 nitrogen and oxygen atoms in total. The van der Waals surface area contributed by atoms with Crippen molar-refractivity contribution >= 4 is 18.0 Å². The Morgan fingerprint density at radius 3 is 2.09 bits per heavy atom. The van der Waals surface area contributed by atoms with E-state index in [9.17, 15) is 19.5 Å². The van der Waals surface area contributed by atoms with Gasteiger partial charge >= 0.3 is 12.1 Å². The van der Waals surface area contributed by atoms with Crippen LogP contribution in [0.4, 0.5) is 4.79 Å². The molecule has 34 heavy (non-hydrogen) atoms. The smallest absolute Gasteiger partial charge is 0.408 e. The first-order valence-corrected chi connectivity index (χ1v) is 11.5. The van der Waals surface area contributed by atoms with Gasteiger partial charge in [-0.1, -0.05) is 79.9 Å². The number of hydrogen-bond acceptors (Lipinski definition) is 6. The molecular weight excluding hydrogens is 436 g/mol. The summed E-state index contributed by atoms with van der Waals surface area (Å²) in [5.74, 6) is -1.32. The number of hydrogen-bond donors (Lipinski definition) is 3.